The van der Waals surface area contributed by atoms with Gasteiger partial charge in [-0.05, 0) is 31.4 Å². The van der Waals surface area contributed by atoms with Gasteiger partial charge in [0, 0.05) is 5.69 Å². The lowest BCUT2D eigenvalue weighted by Gasteiger charge is -2.35. The second kappa shape index (κ2) is 5.21. The molecule has 3 nitrogen and oxygen atoms in total. The van der Waals surface area contributed by atoms with Crippen molar-refractivity contribution in [2.75, 3.05) is 5.32 Å². The molecule has 1 unspecified atom stereocenters. The van der Waals surface area contributed by atoms with Crippen LogP contribution in [0.25, 0.3) is 0 Å². The lowest BCUT2D eigenvalue weighted by atomic mass is 9.83. The second-order valence-electron chi connectivity index (χ2n) is 4.83. The molecule has 17 heavy (non-hydrogen) atoms. The predicted octanol–water partition coefficient (Wildman–Crippen LogP) is 2.70. The molecular weight excluding hydrogens is 212 g/mol. The molecule has 1 aromatic carbocycles. The first-order chi connectivity index (χ1) is 7.92. The maximum atomic E-state index is 11.7. The van der Waals surface area contributed by atoms with Gasteiger partial charge in [-0.1, -0.05) is 38.5 Å². The third kappa shape index (κ3) is 2.78. The molecule has 0 aliphatic carbocycles. The zero-order chi connectivity index (χ0) is 13.1. The number of carbonyl (C=O) groups is 1. The van der Waals surface area contributed by atoms with Gasteiger partial charge < -0.3 is 11.1 Å². The summed E-state index contributed by atoms with van der Waals surface area (Å²) in [5, 5.41) is 3.29. The molecule has 0 aliphatic rings. The highest BCUT2D eigenvalue weighted by Gasteiger charge is 2.37. The van der Waals surface area contributed by atoms with E-state index in [4.69, 9.17) is 5.73 Å². The van der Waals surface area contributed by atoms with Crippen molar-refractivity contribution in [3.63, 3.8) is 0 Å². The van der Waals surface area contributed by atoms with E-state index >= 15 is 0 Å². The van der Waals surface area contributed by atoms with Gasteiger partial charge >= 0.3 is 0 Å². The van der Waals surface area contributed by atoms with E-state index in [1.807, 2.05) is 52.0 Å². The minimum Gasteiger partial charge on any atom is -0.371 e. The summed E-state index contributed by atoms with van der Waals surface area (Å²) in [6.45, 7) is 8.03. The molecule has 1 aromatic rings. The molecule has 0 aromatic heterocycles. The predicted molar refractivity (Wildman–Crippen MR) is 71.9 cm³/mol. The van der Waals surface area contributed by atoms with Gasteiger partial charge in [0.2, 0.25) is 5.91 Å². The Hall–Kier alpha value is -1.51. The molecule has 0 aliphatic heterocycles. The molecule has 1 amide bonds. The molecule has 0 saturated carbocycles. The number of primary amides is 1. The highest BCUT2D eigenvalue weighted by molar-refractivity contribution is 5.88. The second-order valence-corrected chi connectivity index (χ2v) is 4.83. The fourth-order valence-corrected chi connectivity index (χ4v) is 2.06. The lowest BCUT2D eigenvalue weighted by Crippen LogP contribution is -2.54. The third-order valence-electron chi connectivity index (χ3n) is 3.40. The fourth-order valence-electron chi connectivity index (χ4n) is 2.06. The molecule has 3 heteroatoms. The zero-order valence-corrected chi connectivity index (χ0v) is 11.1. The van der Waals surface area contributed by atoms with Gasteiger partial charge in [-0.25, -0.2) is 0 Å². The van der Waals surface area contributed by atoms with Gasteiger partial charge in [0.05, 0.1) is 0 Å². The van der Waals surface area contributed by atoms with Gasteiger partial charge in [0.25, 0.3) is 0 Å². The van der Waals surface area contributed by atoms with Crippen molar-refractivity contribution < 1.29 is 4.79 Å². The molecule has 3 N–H and O–H groups in total. The number of benzene rings is 1. The number of anilines is 1. The molecule has 0 spiro atoms. The van der Waals surface area contributed by atoms with Crippen molar-refractivity contribution >= 4 is 11.6 Å². The molecule has 0 heterocycles. The Morgan fingerprint density at radius 2 is 1.88 bits per heavy atom. The Kier molecular flexibility index (Phi) is 4.16. The van der Waals surface area contributed by atoms with Crippen LogP contribution in [0.15, 0.2) is 24.3 Å². The van der Waals surface area contributed by atoms with Crippen molar-refractivity contribution in [2.24, 2.45) is 11.7 Å². The minimum absolute atomic E-state index is 0.145. The number of amides is 1. The summed E-state index contributed by atoms with van der Waals surface area (Å²) < 4.78 is 0. The summed E-state index contributed by atoms with van der Waals surface area (Å²) in [5.74, 6) is -0.151. The maximum absolute atomic E-state index is 11.7. The summed E-state index contributed by atoms with van der Waals surface area (Å²) >= 11 is 0. The Morgan fingerprint density at radius 1 is 1.35 bits per heavy atom. The Labute approximate surface area is 103 Å². The quantitative estimate of drug-likeness (QED) is 0.823. The van der Waals surface area contributed by atoms with Gasteiger partial charge in [0.1, 0.15) is 5.54 Å². The van der Waals surface area contributed by atoms with Crippen LogP contribution in [0.3, 0.4) is 0 Å². The first-order valence-electron chi connectivity index (χ1n) is 6.07. The van der Waals surface area contributed by atoms with Crippen LogP contribution in [0.4, 0.5) is 5.69 Å². The smallest absolute Gasteiger partial charge is 0.243 e. The molecule has 0 fully saturated rings. The minimum atomic E-state index is -0.671. The maximum Gasteiger partial charge on any atom is 0.243 e. The van der Waals surface area contributed by atoms with E-state index in [1.54, 1.807) is 0 Å². The first kappa shape index (κ1) is 13.6. The van der Waals surface area contributed by atoms with E-state index in [0.29, 0.717) is 6.42 Å². The van der Waals surface area contributed by atoms with Crippen molar-refractivity contribution in [3.8, 4) is 0 Å². The SMILES string of the molecule is CCC(Nc1ccc(C)cc1)(C(N)=O)C(C)C. The summed E-state index contributed by atoms with van der Waals surface area (Å²) in [7, 11) is 0. The van der Waals surface area contributed by atoms with Crippen molar-refractivity contribution in [3.05, 3.63) is 29.8 Å². The number of hydrogen-bond acceptors (Lipinski definition) is 2. The molecule has 94 valence electrons. The number of aryl methyl sites for hydroxylation is 1. The molecule has 1 atom stereocenters. The highest BCUT2D eigenvalue weighted by atomic mass is 16.1. The van der Waals surface area contributed by atoms with Crippen molar-refractivity contribution in [2.45, 2.75) is 39.7 Å². The first-order valence-corrected chi connectivity index (χ1v) is 6.07. The number of hydrogen-bond donors (Lipinski definition) is 2. The Bertz CT molecular complexity index is 384. The third-order valence-corrected chi connectivity index (χ3v) is 3.40. The molecule has 0 radical (unpaired) electrons. The lowest BCUT2D eigenvalue weighted by molar-refractivity contribution is -0.123. The average molecular weight is 234 g/mol. The summed E-state index contributed by atoms with van der Waals surface area (Å²) in [6.07, 6.45) is 0.674. The standard InChI is InChI=1S/C14H22N2O/c1-5-14(10(2)3,13(15)17)16-12-8-6-11(4)7-9-12/h6-10,16H,5H2,1-4H3,(H2,15,17). The zero-order valence-electron chi connectivity index (χ0n) is 11.1. The number of nitrogens with two attached hydrogens (primary N) is 1. The van der Waals surface area contributed by atoms with Crippen LogP contribution in [-0.2, 0) is 4.79 Å². The van der Waals surface area contributed by atoms with Crippen molar-refractivity contribution in [1.29, 1.82) is 0 Å². The fraction of sp³-hybridized carbons (Fsp3) is 0.500. The highest BCUT2D eigenvalue weighted by Crippen LogP contribution is 2.26. The molecule has 1 rings (SSSR count). The topological polar surface area (TPSA) is 55.1 Å². The van der Waals surface area contributed by atoms with E-state index in [1.165, 1.54) is 5.56 Å². The molecule has 0 saturated heterocycles. The Morgan fingerprint density at radius 3 is 2.24 bits per heavy atom. The van der Waals surface area contributed by atoms with E-state index < -0.39 is 5.54 Å². The number of carbonyl (C=O) groups excluding carboxylic acids is 1. The van der Waals surface area contributed by atoms with Crippen LogP contribution < -0.4 is 11.1 Å². The number of nitrogens with one attached hydrogen (secondary N) is 1. The summed E-state index contributed by atoms with van der Waals surface area (Å²) in [4.78, 5) is 11.7. The van der Waals surface area contributed by atoms with Crippen LogP contribution in [0.2, 0.25) is 0 Å². The van der Waals surface area contributed by atoms with Crippen LogP contribution in [0.1, 0.15) is 32.8 Å². The summed E-state index contributed by atoms with van der Waals surface area (Å²) in [5.41, 5.74) is 7.02. The molecular formula is C14H22N2O. The molecule has 0 bridgehead atoms. The largest absolute Gasteiger partial charge is 0.371 e. The van der Waals surface area contributed by atoms with E-state index in [2.05, 4.69) is 5.32 Å². The van der Waals surface area contributed by atoms with Gasteiger partial charge in [-0.15, -0.1) is 0 Å². The van der Waals surface area contributed by atoms with E-state index in [9.17, 15) is 4.79 Å². The number of rotatable bonds is 5. The van der Waals surface area contributed by atoms with Crippen LogP contribution in [-0.4, -0.2) is 11.4 Å². The van der Waals surface area contributed by atoms with E-state index in [0.717, 1.165) is 5.69 Å². The monoisotopic (exact) mass is 234 g/mol. The van der Waals surface area contributed by atoms with E-state index in [-0.39, 0.29) is 11.8 Å². The summed E-state index contributed by atoms with van der Waals surface area (Å²) in [6, 6.07) is 7.99. The van der Waals surface area contributed by atoms with Crippen LogP contribution >= 0.6 is 0 Å². The van der Waals surface area contributed by atoms with Crippen LogP contribution in [0, 0.1) is 12.8 Å². The van der Waals surface area contributed by atoms with Crippen molar-refractivity contribution in [1.82, 2.24) is 0 Å². The van der Waals surface area contributed by atoms with Gasteiger partial charge in [0.15, 0.2) is 0 Å². The van der Waals surface area contributed by atoms with Crippen LogP contribution in [0.5, 0.6) is 0 Å². The Balaban J connectivity index is 3.01. The van der Waals surface area contributed by atoms with Gasteiger partial charge in [-0.3, -0.25) is 4.79 Å². The average Bonchev–Trinajstić information content (AvgIpc) is 2.27. The van der Waals surface area contributed by atoms with Gasteiger partial charge in [-0.2, -0.15) is 0 Å². The normalized spacial score (nSPS) is 14.4.